The van der Waals surface area contributed by atoms with Gasteiger partial charge in [0.2, 0.25) is 5.91 Å². The zero-order chi connectivity index (χ0) is 15.7. The first-order chi connectivity index (χ1) is 9.33. The second kappa shape index (κ2) is 9.17. The van der Waals surface area contributed by atoms with Crippen LogP contribution in [0, 0.1) is 5.92 Å². The van der Waals surface area contributed by atoms with Gasteiger partial charge in [0.15, 0.2) is 0 Å². The molecule has 0 aromatic rings. The van der Waals surface area contributed by atoms with Crippen LogP contribution in [0.5, 0.6) is 0 Å². The van der Waals surface area contributed by atoms with E-state index in [1.807, 2.05) is 13.8 Å². The number of urea groups is 1. The minimum Gasteiger partial charge on any atom is -0.480 e. The predicted octanol–water partition coefficient (Wildman–Crippen LogP) is 0.653. The number of aliphatic carboxylic acids is 1. The summed E-state index contributed by atoms with van der Waals surface area (Å²) in [5.74, 6) is -1.32. The van der Waals surface area contributed by atoms with Gasteiger partial charge in [-0.1, -0.05) is 13.8 Å². The van der Waals surface area contributed by atoms with Crippen LogP contribution < -0.4 is 10.6 Å². The molecule has 0 saturated carbocycles. The van der Waals surface area contributed by atoms with Crippen molar-refractivity contribution in [3.63, 3.8) is 0 Å². The summed E-state index contributed by atoms with van der Waals surface area (Å²) in [7, 11) is 0. The zero-order valence-electron chi connectivity index (χ0n) is 12.6. The lowest BCUT2D eigenvalue weighted by atomic mass is 10.1. The van der Waals surface area contributed by atoms with Crippen LogP contribution in [-0.2, 0) is 9.59 Å². The second-order valence-electron chi connectivity index (χ2n) is 4.78. The zero-order valence-corrected chi connectivity index (χ0v) is 12.6. The van der Waals surface area contributed by atoms with Crippen molar-refractivity contribution in [2.45, 2.75) is 40.2 Å². The lowest BCUT2D eigenvalue weighted by molar-refractivity contribution is -0.140. The highest BCUT2D eigenvalue weighted by molar-refractivity contribution is 5.83. The van der Waals surface area contributed by atoms with Crippen molar-refractivity contribution in [2.24, 2.45) is 5.92 Å². The summed E-state index contributed by atoms with van der Waals surface area (Å²) in [6.45, 7) is 8.66. The highest BCUT2D eigenvalue weighted by Crippen LogP contribution is 2.01. The normalized spacial score (nSPS) is 11.8. The summed E-state index contributed by atoms with van der Waals surface area (Å²) in [6, 6.07) is -1.51. The molecule has 1 unspecified atom stereocenters. The Morgan fingerprint density at radius 2 is 1.70 bits per heavy atom. The van der Waals surface area contributed by atoms with E-state index in [4.69, 9.17) is 5.11 Å². The first-order valence-corrected chi connectivity index (χ1v) is 6.88. The minimum absolute atomic E-state index is 0.0334. The van der Waals surface area contributed by atoms with Crippen molar-refractivity contribution in [3.8, 4) is 0 Å². The molecule has 0 heterocycles. The summed E-state index contributed by atoms with van der Waals surface area (Å²) in [5.41, 5.74) is 0. The Labute approximate surface area is 119 Å². The molecule has 0 fully saturated rings. The molecule has 20 heavy (non-hydrogen) atoms. The van der Waals surface area contributed by atoms with Gasteiger partial charge in [-0.2, -0.15) is 0 Å². The number of carboxylic acid groups (broad SMARTS) is 1. The second-order valence-corrected chi connectivity index (χ2v) is 4.78. The molecule has 0 bridgehead atoms. The Hall–Kier alpha value is -1.79. The number of carbonyl (C=O) groups excluding carboxylic acids is 2. The topological polar surface area (TPSA) is 98.7 Å². The largest absolute Gasteiger partial charge is 0.480 e. The van der Waals surface area contributed by atoms with Crippen LogP contribution in [-0.4, -0.2) is 53.6 Å². The smallest absolute Gasteiger partial charge is 0.326 e. The van der Waals surface area contributed by atoms with Crippen LogP contribution in [0.1, 0.15) is 34.1 Å². The SMILES string of the molecule is CCN(CC)C(=O)CCNC(=O)NC(C(=O)O)C(C)C. The molecule has 0 rings (SSSR count). The Balaban J connectivity index is 4.11. The average Bonchev–Trinajstić information content (AvgIpc) is 2.36. The Kier molecular flexibility index (Phi) is 8.35. The fraction of sp³-hybridized carbons (Fsp3) is 0.769. The Morgan fingerprint density at radius 3 is 2.10 bits per heavy atom. The Morgan fingerprint density at radius 1 is 1.15 bits per heavy atom. The standard InChI is InChI=1S/C13H25N3O4/c1-5-16(6-2)10(17)7-8-14-13(20)15-11(9(3)4)12(18)19/h9,11H,5-8H2,1-4H3,(H,18,19)(H2,14,15,20). The summed E-state index contributed by atoms with van der Waals surface area (Å²) in [6.07, 6.45) is 0.203. The van der Waals surface area contributed by atoms with E-state index >= 15 is 0 Å². The number of rotatable bonds is 8. The van der Waals surface area contributed by atoms with Gasteiger partial charge in [0.25, 0.3) is 0 Å². The van der Waals surface area contributed by atoms with Crippen molar-refractivity contribution < 1.29 is 19.5 Å². The third-order valence-corrected chi connectivity index (χ3v) is 2.96. The van der Waals surface area contributed by atoms with Crippen LogP contribution in [0.3, 0.4) is 0 Å². The molecule has 0 aliphatic rings. The third kappa shape index (κ3) is 6.40. The van der Waals surface area contributed by atoms with Gasteiger partial charge in [0.05, 0.1) is 0 Å². The van der Waals surface area contributed by atoms with Gasteiger partial charge in [-0.05, 0) is 19.8 Å². The van der Waals surface area contributed by atoms with Crippen molar-refractivity contribution >= 4 is 17.9 Å². The lowest BCUT2D eigenvalue weighted by Gasteiger charge is -2.20. The molecule has 0 saturated heterocycles. The number of carboxylic acids is 1. The number of hydrogen-bond acceptors (Lipinski definition) is 3. The minimum atomic E-state index is -1.07. The summed E-state index contributed by atoms with van der Waals surface area (Å²) < 4.78 is 0. The third-order valence-electron chi connectivity index (χ3n) is 2.96. The van der Waals surface area contributed by atoms with Crippen molar-refractivity contribution in [1.29, 1.82) is 0 Å². The summed E-state index contributed by atoms with van der Waals surface area (Å²) in [4.78, 5) is 35.8. The molecule has 3 amide bonds. The van der Waals surface area contributed by atoms with Gasteiger partial charge in [-0.3, -0.25) is 4.79 Å². The van der Waals surface area contributed by atoms with E-state index in [1.165, 1.54) is 0 Å². The highest BCUT2D eigenvalue weighted by Gasteiger charge is 2.23. The molecule has 0 spiro atoms. The molecule has 3 N–H and O–H groups in total. The predicted molar refractivity (Wildman–Crippen MR) is 75.3 cm³/mol. The fourth-order valence-corrected chi connectivity index (χ4v) is 1.72. The molecule has 116 valence electrons. The van der Waals surface area contributed by atoms with E-state index in [-0.39, 0.29) is 24.8 Å². The average molecular weight is 287 g/mol. The first kappa shape index (κ1) is 18.2. The van der Waals surface area contributed by atoms with Gasteiger partial charge in [-0.25, -0.2) is 9.59 Å². The molecule has 0 radical (unpaired) electrons. The molecular weight excluding hydrogens is 262 g/mol. The van der Waals surface area contributed by atoms with E-state index < -0.39 is 18.0 Å². The molecule has 7 nitrogen and oxygen atoms in total. The van der Waals surface area contributed by atoms with E-state index in [0.29, 0.717) is 13.1 Å². The number of carbonyl (C=O) groups is 3. The Bertz CT molecular complexity index is 341. The molecule has 1 atom stereocenters. The van der Waals surface area contributed by atoms with Gasteiger partial charge in [0.1, 0.15) is 6.04 Å². The number of nitrogens with zero attached hydrogens (tertiary/aromatic N) is 1. The molecule has 0 aliphatic carbocycles. The van der Waals surface area contributed by atoms with Crippen molar-refractivity contribution in [3.05, 3.63) is 0 Å². The first-order valence-electron chi connectivity index (χ1n) is 6.88. The van der Waals surface area contributed by atoms with E-state index in [9.17, 15) is 14.4 Å². The molecule has 0 aliphatic heterocycles. The maximum Gasteiger partial charge on any atom is 0.326 e. The van der Waals surface area contributed by atoms with Gasteiger partial charge in [0, 0.05) is 26.1 Å². The van der Waals surface area contributed by atoms with Crippen LogP contribution in [0.2, 0.25) is 0 Å². The van der Waals surface area contributed by atoms with Crippen molar-refractivity contribution in [2.75, 3.05) is 19.6 Å². The van der Waals surface area contributed by atoms with Crippen molar-refractivity contribution in [1.82, 2.24) is 15.5 Å². The lowest BCUT2D eigenvalue weighted by Crippen LogP contribution is -2.49. The quantitative estimate of drug-likeness (QED) is 0.610. The van der Waals surface area contributed by atoms with Crippen LogP contribution >= 0.6 is 0 Å². The monoisotopic (exact) mass is 287 g/mol. The number of amides is 3. The molecule has 0 aromatic carbocycles. The maximum absolute atomic E-state index is 11.7. The van der Waals surface area contributed by atoms with Crippen LogP contribution in [0.15, 0.2) is 0 Å². The summed E-state index contributed by atoms with van der Waals surface area (Å²) in [5, 5.41) is 13.8. The van der Waals surface area contributed by atoms with E-state index in [1.54, 1.807) is 18.7 Å². The molecule has 7 heteroatoms. The highest BCUT2D eigenvalue weighted by atomic mass is 16.4. The van der Waals surface area contributed by atoms with Gasteiger partial charge >= 0.3 is 12.0 Å². The van der Waals surface area contributed by atoms with Crippen LogP contribution in [0.25, 0.3) is 0 Å². The maximum atomic E-state index is 11.7. The number of hydrogen-bond donors (Lipinski definition) is 3. The van der Waals surface area contributed by atoms with E-state index in [2.05, 4.69) is 10.6 Å². The molecule has 0 aromatic heterocycles. The fourth-order valence-electron chi connectivity index (χ4n) is 1.72. The van der Waals surface area contributed by atoms with E-state index in [0.717, 1.165) is 0 Å². The van der Waals surface area contributed by atoms with Crippen LogP contribution in [0.4, 0.5) is 4.79 Å². The van der Waals surface area contributed by atoms with Gasteiger partial charge in [-0.15, -0.1) is 0 Å². The molecular formula is C13H25N3O4. The summed E-state index contributed by atoms with van der Waals surface area (Å²) >= 11 is 0. The van der Waals surface area contributed by atoms with Gasteiger partial charge < -0.3 is 20.6 Å². The number of nitrogens with one attached hydrogen (secondary N) is 2.